The van der Waals surface area contributed by atoms with Gasteiger partial charge in [-0.3, -0.25) is 9.59 Å². The number of anilines is 2. The number of carbonyl (C=O) groups excluding carboxylic acids is 2. The molecule has 176 valence electrons. The van der Waals surface area contributed by atoms with E-state index in [0.29, 0.717) is 29.1 Å². The van der Waals surface area contributed by atoms with Crippen LogP contribution in [0.2, 0.25) is 0 Å². The minimum absolute atomic E-state index is 0.169. The number of hydrogen-bond donors (Lipinski definition) is 2. The van der Waals surface area contributed by atoms with Gasteiger partial charge in [0, 0.05) is 16.9 Å². The third-order valence-corrected chi connectivity index (χ3v) is 5.70. The van der Waals surface area contributed by atoms with Gasteiger partial charge in [-0.15, -0.1) is 0 Å². The number of benzene rings is 4. The molecule has 1 atom stereocenters. The van der Waals surface area contributed by atoms with Crippen molar-refractivity contribution in [2.45, 2.75) is 26.4 Å². The predicted octanol–water partition coefficient (Wildman–Crippen LogP) is 6.71. The molecule has 5 heteroatoms. The van der Waals surface area contributed by atoms with E-state index in [1.807, 2.05) is 74.5 Å². The summed E-state index contributed by atoms with van der Waals surface area (Å²) in [7, 11) is 0. The van der Waals surface area contributed by atoms with Gasteiger partial charge in [0.05, 0.1) is 0 Å². The van der Waals surface area contributed by atoms with Gasteiger partial charge in [-0.25, -0.2) is 0 Å². The fraction of sp³-hybridized carbons (Fsp3) is 0.133. The molecule has 4 aromatic carbocycles. The SMILES string of the molecule is CCC(Oc1ccc(-c2ccccc2)cc1)C(=O)Nc1ccc(NC(=O)c2ccccc2C)cc1. The largest absolute Gasteiger partial charge is 0.481 e. The Kier molecular flexibility index (Phi) is 7.58. The summed E-state index contributed by atoms with van der Waals surface area (Å²) in [6, 6.07) is 32.3. The molecule has 4 aromatic rings. The van der Waals surface area contributed by atoms with E-state index in [1.165, 1.54) is 0 Å². The average Bonchev–Trinajstić information content (AvgIpc) is 2.89. The van der Waals surface area contributed by atoms with Gasteiger partial charge in [-0.05, 0) is 72.5 Å². The fourth-order valence-electron chi connectivity index (χ4n) is 3.73. The Bertz CT molecular complexity index is 1280. The molecule has 0 saturated carbocycles. The van der Waals surface area contributed by atoms with Crippen LogP contribution in [-0.4, -0.2) is 17.9 Å². The Morgan fingerprint density at radius 1 is 0.714 bits per heavy atom. The Morgan fingerprint density at radius 2 is 1.29 bits per heavy atom. The van der Waals surface area contributed by atoms with E-state index in [2.05, 4.69) is 22.8 Å². The van der Waals surface area contributed by atoms with Crippen LogP contribution < -0.4 is 15.4 Å². The van der Waals surface area contributed by atoms with E-state index >= 15 is 0 Å². The highest BCUT2D eigenvalue weighted by molar-refractivity contribution is 6.05. The minimum Gasteiger partial charge on any atom is -0.481 e. The van der Waals surface area contributed by atoms with Gasteiger partial charge in [0.1, 0.15) is 5.75 Å². The summed E-state index contributed by atoms with van der Waals surface area (Å²) in [5.74, 6) is 0.245. The molecule has 0 aromatic heterocycles. The van der Waals surface area contributed by atoms with Crippen LogP contribution in [0.15, 0.2) is 103 Å². The number of nitrogens with one attached hydrogen (secondary N) is 2. The molecule has 0 heterocycles. The highest BCUT2D eigenvalue weighted by atomic mass is 16.5. The number of carbonyl (C=O) groups is 2. The maximum atomic E-state index is 12.8. The number of rotatable bonds is 8. The summed E-state index contributed by atoms with van der Waals surface area (Å²) in [5, 5.41) is 5.78. The number of aryl methyl sites for hydroxylation is 1. The highest BCUT2D eigenvalue weighted by Gasteiger charge is 2.19. The van der Waals surface area contributed by atoms with E-state index in [-0.39, 0.29) is 11.8 Å². The normalized spacial score (nSPS) is 11.4. The van der Waals surface area contributed by atoms with Crippen molar-refractivity contribution in [2.24, 2.45) is 0 Å². The van der Waals surface area contributed by atoms with Crippen LogP contribution in [0.5, 0.6) is 5.75 Å². The molecule has 2 amide bonds. The van der Waals surface area contributed by atoms with Crippen molar-refractivity contribution >= 4 is 23.2 Å². The second kappa shape index (κ2) is 11.2. The van der Waals surface area contributed by atoms with E-state index < -0.39 is 6.10 Å². The minimum atomic E-state index is -0.627. The van der Waals surface area contributed by atoms with Crippen LogP contribution in [0.3, 0.4) is 0 Å². The molecule has 4 rings (SSSR count). The Morgan fingerprint density at radius 3 is 1.91 bits per heavy atom. The molecular formula is C30H28N2O3. The molecule has 0 bridgehead atoms. The highest BCUT2D eigenvalue weighted by Crippen LogP contribution is 2.23. The van der Waals surface area contributed by atoms with Crippen molar-refractivity contribution < 1.29 is 14.3 Å². The molecule has 35 heavy (non-hydrogen) atoms. The number of amides is 2. The van der Waals surface area contributed by atoms with Gasteiger partial charge < -0.3 is 15.4 Å². The lowest BCUT2D eigenvalue weighted by Crippen LogP contribution is -2.32. The van der Waals surface area contributed by atoms with E-state index in [1.54, 1.807) is 30.3 Å². The average molecular weight is 465 g/mol. The van der Waals surface area contributed by atoms with E-state index in [4.69, 9.17) is 4.74 Å². The topological polar surface area (TPSA) is 67.4 Å². The molecular weight excluding hydrogens is 436 g/mol. The Labute approximate surface area is 205 Å². The first-order valence-electron chi connectivity index (χ1n) is 11.6. The molecule has 0 aliphatic heterocycles. The molecule has 0 radical (unpaired) electrons. The lowest BCUT2D eigenvalue weighted by atomic mass is 10.1. The van der Waals surface area contributed by atoms with Gasteiger partial charge in [0.25, 0.3) is 11.8 Å². The smallest absolute Gasteiger partial charge is 0.265 e. The van der Waals surface area contributed by atoms with Crippen molar-refractivity contribution in [3.63, 3.8) is 0 Å². The summed E-state index contributed by atoms with van der Waals surface area (Å²) >= 11 is 0. The van der Waals surface area contributed by atoms with Gasteiger partial charge >= 0.3 is 0 Å². The van der Waals surface area contributed by atoms with E-state index in [0.717, 1.165) is 16.7 Å². The summed E-state index contributed by atoms with van der Waals surface area (Å²) in [4.78, 5) is 25.3. The Hall–Kier alpha value is -4.38. The van der Waals surface area contributed by atoms with Gasteiger partial charge in [0.2, 0.25) is 0 Å². The van der Waals surface area contributed by atoms with Crippen LogP contribution in [0.1, 0.15) is 29.3 Å². The summed E-state index contributed by atoms with van der Waals surface area (Å²) in [6.45, 7) is 3.81. The maximum Gasteiger partial charge on any atom is 0.265 e. The van der Waals surface area contributed by atoms with Crippen molar-refractivity contribution in [1.29, 1.82) is 0 Å². The quantitative estimate of drug-likeness (QED) is 0.304. The van der Waals surface area contributed by atoms with E-state index in [9.17, 15) is 9.59 Å². The van der Waals surface area contributed by atoms with Gasteiger partial charge in [0.15, 0.2) is 6.10 Å². The number of ether oxygens (including phenoxy) is 1. The van der Waals surface area contributed by atoms with Crippen LogP contribution in [0.25, 0.3) is 11.1 Å². The third-order valence-electron chi connectivity index (χ3n) is 5.70. The van der Waals surface area contributed by atoms with Crippen LogP contribution in [0, 0.1) is 6.92 Å². The van der Waals surface area contributed by atoms with Crippen molar-refractivity contribution in [2.75, 3.05) is 10.6 Å². The lowest BCUT2D eigenvalue weighted by Gasteiger charge is -2.18. The first-order valence-corrected chi connectivity index (χ1v) is 11.6. The summed E-state index contributed by atoms with van der Waals surface area (Å²) in [6.07, 6.45) is -0.102. The zero-order valence-corrected chi connectivity index (χ0v) is 19.8. The molecule has 1 unspecified atom stereocenters. The first-order chi connectivity index (χ1) is 17.0. The third kappa shape index (κ3) is 6.15. The van der Waals surface area contributed by atoms with Gasteiger partial charge in [-0.1, -0.05) is 67.6 Å². The van der Waals surface area contributed by atoms with Crippen LogP contribution in [-0.2, 0) is 4.79 Å². The molecule has 0 saturated heterocycles. The second-order valence-corrected chi connectivity index (χ2v) is 8.24. The maximum absolute atomic E-state index is 12.8. The molecule has 0 aliphatic rings. The zero-order valence-electron chi connectivity index (χ0n) is 19.8. The molecule has 0 fully saturated rings. The standard InChI is InChI=1S/C30H28N2O3/c1-3-28(35-26-19-13-23(14-20-26)22-10-5-4-6-11-22)30(34)32-25-17-15-24(16-18-25)31-29(33)27-12-8-7-9-21(27)2/h4-20,28H,3H2,1-2H3,(H,31,33)(H,32,34). The number of hydrogen-bond acceptors (Lipinski definition) is 3. The molecule has 2 N–H and O–H groups in total. The van der Waals surface area contributed by atoms with Crippen molar-refractivity contribution in [3.8, 4) is 16.9 Å². The molecule has 5 nitrogen and oxygen atoms in total. The van der Waals surface area contributed by atoms with Crippen LogP contribution in [0.4, 0.5) is 11.4 Å². The Balaban J connectivity index is 1.35. The molecule has 0 spiro atoms. The first kappa shape index (κ1) is 23.8. The van der Waals surface area contributed by atoms with Gasteiger partial charge in [-0.2, -0.15) is 0 Å². The van der Waals surface area contributed by atoms with Crippen molar-refractivity contribution in [3.05, 3.63) is 114 Å². The zero-order chi connectivity index (χ0) is 24.6. The summed E-state index contributed by atoms with van der Waals surface area (Å²) in [5.41, 5.74) is 5.04. The lowest BCUT2D eigenvalue weighted by molar-refractivity contribution is -0.122. The summed E-state index contributed by atoms with van der Waals surface area (Å²) < 4.78 is 5.96. The fourth-order valence-corrected chi connectivity index (χ4v) is 3.73. The van der Waals surface area contributed by atoms with Crippen LogP contribution >= 0.6 is 0 Å². The monoisotopic (exact) mass is 464 g/mol. The second-order valence-electron chi connectivity index (χ2n) is 8.24. The van der Waals surface area contributed by atoms with Crippen molar-refractivity contribution in [1.82, 2.24) is 0 Å². The predicted molar refractivity (Wildman–Crippen MR) is 141 cm³/mol. The molecule has 0 aliphatic carbocycles.